The van der Waals surface area contributed by atoms with E-state index in [1.165, 1.54) is 27.6 Å². The molecule has 1 atom stereocenters. The average molecular weight is 534 g/mol. The lowest BCUT2D eigenvalue weighted by Gasteiger charge is -2.19. The fourth-order valence-corrected chi connectivity index (χ4v) is 4.75. The van der Waals surface area contributed by atoms with E-state index in [2.05, 4.69) is 16.4 Å². The first-order valence-corrected chi connectivity index (χ1v) is 11.9. The third kappa shape index (κ3) is 3.79. The van der Waals surface area contributed by atoms with Crippen molar-refractivity contribution in [3.8, 4) is 17.5 Å². The number of nitrogens with zero attached hydrogens (tertiary/aromatic N) is 7. The third-order valence-electron chi connectivity index (χ3n) is 6.58. The zero-order chi connectivity index (χ0) is 28.0. The zero-order valence-corrected chi connectivity index (χ0v) is 20.5. The number of aromatic nitrogens is 5. The summed E-state index contributed by atoms with van der Waals surface area (Å²) in [5, 5.41) is 29.6. The summed E-state index contributed by atoms with van der Waals surface area (Å²) >= 11 is 0. The minimum Gasteiger partial charge on any atom is -0.487 e. The monoisotopic (exact) mass is 534 g/mol. The van der Waals surface area contributed by atoms with Crippen molar-refractivity contribution in [2.75, 3.05) is 0 Å². The molecule has 2 aromatic heterocycles. The van der Waals surface area contributed by atoms with Crippen LogP contribution in [0.1, 0.15) is 17.3 Å². The molecule has 2 N–H and O–H groups in total. The van der Waals surface area contributed by atoms with Gasteiger partial charge in [-0.2, -0.15) is 9.94 Å². The Balaban J connectivity index is 1.37. The first kappa shape index (κ1) is 24.3. The van der Waals surface area contributed by atoms with Gasteiger partial charge in [-0.1, -0.05) is 41.6 Å². The zero-order valence-electron chi connectivity index (χ0n) is 20.5. The normalized spacial score (nSPS) is 14.2. The minimum atomic E-state index is -1.01. The molecule has 13 heteroatoms. The second-order valence-corrected chi connectivity index (χ2v) is 8.88. The lowest BCUT2D eigenvalue weighted by Crippen LogP contribution is -2.38. The summed E-state index contributed by atoms with van der Waals surface area (Å²) < 4.78 is 9.65. The molecule has 1 aliphatic rings. The molecule has 6 rings (SSSR count). The molecule has 0 aliphatic carbocycles. The number of para-hydroxylation sites is 1. The molecule has 40 heavy (non-hydrogen) atoms. The summed E-state index contributed by atoms with van der Waals surface area (Å²) in [6.45, 7) is -0.0425. The van der Waals surface area contributed by atoms with Gasteiger partial charge in [-0.15, -0.1) is 5.10 Å². The number of non-ortho nitro benzene ring substituents is 1. The standard InChI is InChI=1S/C27H18N8O5/c28-13-22-24(33-26(36)19-8-1-2-9-20(19)27(37)34(33)25(22)29)21-10-3-4-11-23(21)40-15-16-14-32(31-30-16)17-6-5-7-18(12-17)35(38)39/h1-12,14,24H,15,29H2. The van der Waals surface area contributed by atoms with Crippen molar-refractivity contribution in [3.05, 3.63) is 127 Å². The maximum atomic E-state index is 13.6. The number of allylic oxidation sites excluding steroid dienone is 1. The van der Waals surface area contributed by atoms with Crippen LogP contribution in [-0.4, -0.2) is 29.3 Å². The summed E-state index contributed by atoms with van der Waals surface area (Å²) in [7, 11) is 0. The number of rotatable bonds is 6. The molecule has 0 saturated heterocycles. The summed E-state index contributed by atoms with van der Waals surface area (Å²) in [6.07, 6.45) is 1.57. The van der Waals surface area contributed by atoms with Gasteiger partial charge in [0.25, 0.3) is 16.8 Å². The number of nitro benzene ring substituents is 1. The van der Waals surface area contributed by atoms with E-state index in [0.29, 0.717) is 22.7 Å². The fourth-order valence-electron chi connectivity index (χ4n) is 4.75. The molecule has 5 aromatic rings. The van der Waals surface area contributed by atoms with Gasteiger partial charge in [-0.25, -0.2) is 9.36 Å². The van der Waals surface area contributed by atoms with E-state index in [1.807, 2.05) is 0 Å². The van der Waals surface area contributed by atoms with Crippen molar-refractivity contribution >= 4 is 22.3 Å². The van der Waals surface area contributed by atoms with Gasteiger partial charge in [0.05, 0.1) is 27.6 Å². The van der Waals surface area contributed by atoms with E-state index in [9.17, 15) is 25.0 Å². The highest BCUT2D eigenvalue weighted by molar-refractivity contribution is 5.82. The third-order valence-corrected chi connectivity index (χ3v) is 6.58. The Morgan fingerprint density at radius 2 is 1.75 bits per heavy atom. The highest BCUT2D eigenvalue weighted by Gasteiger charge is 2.36. The minimum absolute atomic E-state index is 0.0298. The van der Waals surface area contributed by atoms with Crippen LogP contribution >= 0.6 is 0 Å². The van der Waals surface area contributed by atoms with Gasteiger partial charge >= 0.3 is 0 Å². The molecule has 0 radical (unpaired) electrons. The number of hydrogen-bond donors (Lipinski definition) is 1. The lowest BCUT2D eigenvalue weighted by atomic mass is 9.99. The van der Waals surface area contributed by atoms with E-state index >= 15 is 0 Å². The number of benzene rings is 3. The predicted octanol–water partition coefficient (Wildman–Crippen LogP) is 2.48. The molecule has 1 unspecified atom stereocenters. The Hall–Kier alpha value is -6.03. The highest BCUT2D eigenvalue weighted by atomic mass is 16.6. The Morgan fingerprint density at radius 1 is 1.02 bits per heavy atom. The number of nitrogens with two attached hydrogens (primary N) is 1. The van der Waals surface area contributed by atoms with E-state index in [-0.39, 0.29) is 34.5 Å². The van der Waals surface area contributed by atoms with Crippen LogP contribution in [-0.2, 0) is 6.61 Å². The molecule has 0 saturated carbocycles. The van der Waals surface area contributed by atoms with Crippen LogP contribution in [0.2, 0.25) is 0 Å². The molecule has 3 heterocycles. The second-order valence-electron chi connectivity index (χ2n) is 8.88. The summed E-state index contributed by atoms with van der Waals surface area (Å²) in [5.41, 5.74) is 6.51. The lowest BCUT2D eigenvalue weighted by molar-refractivity contribution is -0.384. The van der Waals surface area contributed by atoms with E-state index < -0.39 is 22.1 Å². The fraction of sp³-hybridized carbons (Fsp3) is 0.0741. The Labute approximate surface area is 224 Å². The summed E-state index contributed by atoms with van der Waals surface area (Å²) in [6, 6.07) is 20.2. The van der Waals surface area contributed by atoms with E-state index in [0.717, 1.165) is 4.68 Å². The summed E-state index contributed by atoms with van der Waals surface area (Å²) in [5.74, 6) is 0.203. The second kappa shape index (κ2) is 9.37. The number of ether oxygens (including phenoxy) is 1. The van der Waals surface area contributed by atoms with Crippen molar-refractivity contribution < 1.29 is 9.66 Å². The molecule has 0 amide bonds. The van der Waals surface area contributed by atoms with Gasteiger partial charge in [0.15, 0.2) is 0 Å². The van der Waals surface area contributed by atoms with Crippen LogP contribution < -0.4 is 21.6 Å². The van der Waals surface area contributed by atoms with Crippen molar-refractivity contribution in [1.82, 2.24) is 24.4 Å². The number of nitriles is 1. The van der Waals surface area contributed by atoms with E-state index in [4.69, 9.17) is 10.5 Å². The van der Waals surface area contributed by atoms with Crippen molar-refractivity contribution in [3.63, 3.8) is 0 Å². The van der Waals surface area contributed by atoms with Crippen LogP contribution in [0, 0.1) is 21.4 Å². The molecule has 13 nitrogen and oxygen atoms in total. The van der Waals surface area contributed by atoms with Crippen molar-refractivity contribution in [2.45, 2.75) is 12.6 Å². The molecule has 0 bridgehead atoms. The van der Waals surface area contributed by atoms with Gasteiger partial charge < -0.3 is 10.5 Å². The van der Waals surface area contributed by atoms with Gasteiger partial charge in [0.1, 0.15) is 41.6 Å². The maximum absolute atomic E-state index is 13.6. The number of hydrogen-bond acceptors (Lipinski definition) is 9. The molecule has 0 spiro atoms. The molecular weight excluding hydrogens is 516 g/mol. The quantitative estimate of drug-likeness (QED) is 0.253. The first-order valence-electron chi connectivity index (χ1n) is 11.9. The highest BCUT2D eigenvalue weighted by Crippen LogP contribution is 2.37. The Kier molecular flexibility index (Phi) is 5.70. The van der Waals surface area contributed by atoms with Gasteiger partial charge in [-0.05, 0) is 24.3 Å². The molecule has 3 aromatic carbocycles. The largest absolute Gasteiger partial charge is 0.487 e. The molecule has 0 fully saturated rings. The Bertz CT molecular complexity index is 2030. The van der Waals surface area contributed by atoms with Gasteiger partial charge in [0, 0.05) is 17.7 Å². The van der Waals surface area contributed by atoms with Crippen LogP contribution in [0.15, 0.2) is 94.2 Å². The number of nitro groups is 1. The van der Waals surface area contributed by atoms with Crippen LogP contribution in [0.3, 0.4) is 0 Å². The average Bonchev–Trinajstić information content (AvgIpc) is 3.57. The smallest absolute Gasteiger partial charge is 0.279 e. The molecular formula is C27H18N8O5. The SMILES string of the molecule is N#CC1=C(N)n2c(=O)c3ccccc3c(=O)n2C1c1ccccc1OCc1cn(-c2cccc([N+](=O)[O-])c2)nn1. The number of fused-ring (bicyclic) bond motifs is 2. The summed E-state index contributed by atoms with van der Waals surface area (Å²) in [4.78, 5) is 37.5. The van der Waals surface area contributed by atoms with Crippen LogP contribution in [0.4, 0.5) is 5.69 Å². The Morgan fingerprint density at radius 3 is 2.50 bits per heavy atom. The first-order chi connectivity index (χ1) is 19.4. The van der Waals surface area contributed by atoms with Gasteiger partial charge in [0.2, 0.25) is 0 Å². The molecule has 196 valence electrons. The van der Waals surface area contributed by atoms with E-state index in [1.54, 1.807) is 60.8 Å². The molecule has 1 aliphatic heterocycles. The van der Waals surface area contributed by atoms with Crippen LogP contribution in [0.5, 0.6) is 5.75 Å². The predicted molar refractivity (Wildman–Crippen MR) is 142 cm³/mol. The van der Waals surface area contributed by atoms with Crippen molar-refractivity contribution in [2.24, 2.45) is 5.73 Å². The maximum Gasteiger partial charge on any atom is 0.279 e. The topological polar surface area (TPSA) is 177 Å². The van der Waals surface area contributed by atoms with Gasteiger partial charge in [-0.3, -0.25) is 19.7 Å². The van der Waals surface area contributed by atoms with Crippen LogP contribution in [0.25, 0.3) is 22.3 Å². The van der Waals surface area contributed by atoms with Crippen molar-refractivity contribution in [1.29, 1.82) is 5.26 Å².